The molecule has 1 unspecified atom stereocenters. The predicted molar refractivity (Wildman–Crippen MR) is 71.2 cm³/mol. The van der Waals surface area contributed by atoms with Crippen LogP contribution in [0.2, 0.25) is 0 Å². The van der Waals surface area contributed by atoms with Gasteiger partial charge in [0.2, 0.25) is 5.95 Å². The number of halogens is 1. The van der Waals surface area contributed by atoms with Crippen LogP contribution in [0.4, 0.5) is 5.95 Å². The Labute approximate surface area is 106 Å². The van der Waals surface area contributed by atoms with Crippen LogP contribution in [0.5, 0.6) is 0 Å². The number of aromatic nitrogens is 2. The topological polar surface area (TPSA) is 21.1 Å². The summed E-state index contributed by atoms with van der Waals surface area (Å²) in [4.78, 5) is 6.93. The van der Waals surface area contributed by atoms with E-state index in [9.17, 15) is 0 Å². The lowest BCUT2D eigenvalue weighted by molar-refractivity contribution is 0.401. The summed E-state index contributed by atoms with van der Waals surface area (Å²) in [7, 11) is 0. The molecule has 0 spiro atoms. The van der Waals surface area contributed by atoms with Crippen LogP contribution in [0.15, 0.2) is 12.4 Å². The normalized spacial score (nSPS) is 21.4. The molecule has 90 valence electrons. The quantitative estimate of drug-likeness (QED) is 0.794. The number of hydrogen-bond acceptors (Lipinski definition) is 2. The summed E-state index contributed by atoms with van der Waals surface area (Å²) in [5.41, 5.74) is 0. The largest absolute Gasteiger partial charge is 0.342 e. The van der Waals surface area contributed by atoms with E-state index in [1.54, 1.807) is 0 Å². The molecule has 1 aromatic heterocycles. The maximum absolute atomic E-state index is 4.48. The van der Waals surface area contributed by atoms with E-state index < -0.39 is 0 Å². The highest BCUT2D eigenvalue weighted by Gasteiger charge is 2.21. The maximum Gasteiger partial charge on any atom is 0.205 e. The number of alkyl halides is 1. The van der Waals surface area contributed by atoms with Gasteiger partial charge in [-0.2, -0.15) is 0 Å². The van der Waals surface area contributed by atoms with Crippen molar-refractivity contribution in [1.29, 1.82) is 0 Å². The SMILES string of the molecule is CCn1ccnc1N1CCCC(CCBr)C1. The van der Waals surface area contributed by atoms with Crippen molar-refractivity contribution in [1.82, 2.24) is 9.55 Å². The average Bonchev–Trinajstić information content (AvgIpc) is 2.78. The summed E-state index contributed by atoms with van der Waals surface area (Å²) in [6.45, 7) is 5.51. The van der Waals surface area contributed by atoms with Crippen LogP contribution in [0, 0.1) is 5.92 Å². The van der Waals surface area contributed by atoms with Crippen molar-refractivity contribution < 1.29 is 0 Å². The first kappa shape index (κ1) is 12.0. The van der Waals surface area contributed by atoms with E-state index >= 15 is 0 Å². The third-order valence-corrected chi connectivity index (χ3v) is 3.81. The molecular weight excluding hydrogens is 266 g/mol. The lowest BCUT2D eigenvalue weighted by Gasteiger charge is -2.33. The van der Waals surface area contributed by atoms with Crippen molar-refractivity contribution in [3.05, 3.63) is 12.4 Å². The van der Waals surface area contributed by atoms with E-state index in [0.717, 1.165) is 30.3 Å². The fourth-order valence-electron chi connectivity index (χ4n) is 2.47. The second kappa shape index (κ2) is 5.71. The standard InChI is InChI=1S/C12H20BrN3/c1-2-15-9-7-14-12(15)16-8-3-4-11(10-16)5-6-13/h7,9,11H,2-6,8,10H2,1H3. The van der Waals surface area contributed by atoms with Gasteiger partial charge >= 0.3 is 0 Å². The van der Waals surface area contributed by atoms with Gasteiger partial charge in [-0.25, -0.2) is 4.98 Å². The zero-order valence-electron chi connectivity index (χ0n) is 9.90. The number of rotatable bonds is 4. The lowest BCUT2D eigenvalue weighted by Crippen LogP contribution is -2.37. The van der Waals surface area contributed by atoms with Gasteiger partial charge in [-0.3, -0.25) is 0 Å². The Morgan fingerprint density at radius 2 is 2.44 bits per heavy atom. The van der Waals surface area contributed by atoms with Crippen LogP contribution >= 0.6 is 15.9 Å². The van der Waals surface area contributed by atoms with Gasteiger partial charge in [0.15, 0.2) is 0 Å². The van der Waals surface area contributed by atoms with Gasteiger partial charge in [-0.15, -0.1) is 0 Å². The minimum Gasteiger partial charge on any atom is -0.342 e. The molecule has 0 amide bonds. The molecule has 0 aliphatic carbocycles. The summed E-state index contributed by atoms with van der Waals surface area (Å²) in [6.07, 6.45) is 7.93. The van der Waals surface area contributed by atoms with E-state index in [1.165, 1.54) is 25.8 Å². The van der Waals surface area contributed by atoms with Gasteiger partial charge in [0.25, 0.3) is 0 Å². The number of piperidine rings is 1. The molecule has 16 heavy (non-hydrogen) atoms. The maximum atomic E-state index is 4.48. The Morgan fingerprint density at radius 3 is 3.19 bits per heavy atom. The van der Waals surface area contributed by atoms with Gasteiger partial charge in [0.05, 0.1) is 0 Å². The molecule has 2 rings (SSSR count). The second-order valence-corrected chi connectivity index (χ2v) is 5.24. The Bertz CT molecular complexity index is 322. The van der Waals surface area contributed by atoms with Gasteiger partial charge in [-0.05, 0) is 32.1 Å². The molecule has 0 radical (unpaired) electrons. The number of anilines is 1. The smallest absolute Gasteiger partial charge is 0.205 e. The highest BCUT2D eigenvalue weighted by molar-refractivity contribution is 9.09. The first-order valence-corrected chi connectivity index (χ1v) is 7.29. The number of imidazole rings is 1. The fraction of sp³-hybridized carbons (Fsp3) is 0.750. The van der Waals surface area contributed by atoms with Crippen molar-refractivity contribution in [2.45, 2.75) is 32.7 Å². The van der Waals surface area contributed by atoms with E-state index in [1.807, 2.05) is 6.20 Å². The molecule has 1 atom stereocenters. The fourth-order valence-corrected chi connectivity index (χ4v) is 3.12. The van der Waals surface area contributed by atoms with Gasteiger partial charge in [-0.1, -0.05) is 15.9 Å². The molecule has 1 fully saturated rings. The Hall–Kier alpha value is -0.510. The molecule has 4 heteroatoms. The molecule has 0 saturated carbocycles. The first-order valence-electron chi connectivity index (χ1n) is 6.17. The van der Waals surface area contributed by atoms with Crippen molar-refractivity contribution in [3.63, 3.8) is 0 Å². The number of aryl methyl sites for hydroxylation is 1. The number of nitrogens with zero attached hydrogens (tertiary/aromatic N) is 3. The van der Waals surface area contributed by atoms with Crippen molar-refractivity contribution in [2.75, 3.05) is 23.3 Å². The monoisotopic (exact) mass is 285 g/mol. The van der Waals surface area contributed by atoms with Crippen LogP contribution in [0.3, 0.4) is 0 Å². The van der Waals surface area contributed by atoms with E-state index in [2.05, 4.69) is 43.5 Å². The average molecular weight is 286 g/mol. The minimum atomic E-state index is 0.829. The van der Waals surface area contributed by atoms with Crippen molar-refractivity contribution >= 4 is 21.9 Å². The predicted octanol–water partition coefficient (Wildman–Crippen LogP) is 2.90. The summed E-state index contributed by atoms with van der Waals surface area (Å²) in [6, 6.07) is 0. The molecule has 2 heterocycles. The van der Waals surface area contributed by atoms with Crippen LogP contribution in [-0.2, 0) is 6.54 Å². The molecule has 1 aliphatic heterocycles. The van der Waals surface area contributed by atoms with Gasteiger partial charge in [0.1, 0.15) is 0 Å². The van der Waals surface area contributed by atoms with E-state index in [-0.39, 0.29) is 0 Å². The molecular formula is C12H20BrN3. The summed E-state index contributed by atoms with van der Waals surface area (Å²) < 4.78 is 2.23. The molecule has 0 aromatic carbocycles. The Balaban J connectivity index is 2.03. The van der Waals surface area contributed by atoms with E-state index in [0.29, 0.717) is 0 Å². The van der Waals surface area contributed by atoms with Crippen LogP contribution in [-0.4, -0.2) is 28.0 Å². The van der Waals surface area contributed by atoms with Crippen LogP contribution in [0.25, 0.3) is 0 Å². The third kappa shape index (κ3) is 2.59. The molecule has 1 aromatic rings. The zero-order valence-corrected chi connectivity index (χ0v) is 11.5. The number of hydrogen-bond donors (Lipinski definition) is 0. The summed E-state index contributed by atoms with van der Waals surface area (Å²) >= 11 is 3.54. The first-order chi connectivity index (χ1) is 7.85. The van der Waals surface area contributed by atoms with Crippen molar-refractivity contribution in [2.24, 2.45) is 5.92 Å². The highest BCUT2D eigenvalue weighted by Crippen LogP contribution is 2.24. The molecule has 3 nitrogen and oxygen atoms in total. The lowest BCUT2D eigenvalue weighted by atomic mass is 9.96. The van der Waals surface area contributed by atoms with Gasteiger partial charge in [0, 0.05) is 37.4 Å². The molecule has 1 aliphatic rings. The second-order valence-electron chi connectivity index (χ2n) is 4.45. The van der Waals surface area contributed by atoms with Crippen LogP contribution < -0.4 is 4.90 Å². The Morgan fingerprint density at radius 1 is 1.56 bits per heavy atom. The Kier molecular flexibility index (Phi) is 4.27. The van der Waals surface area contributed by atoms with Gasteiger partial charge < -0.3 is 9.47 Å². The summed E-state index contributed by atoms with van der Waals surface area (Å²) in [5, 5.41) is 1.12. The molecule has 0 bridgehead atoms. The zero-order chi connectivity index (χ0) is 11.4. The van der Waals surface area contributed by atoms with Crippen molar-refractivity contribution in [3.8, 4) is 0 Å². The van der Waals surface area contributed by atoms with E-state index in [4.69, 9.17) is 0 Å². The molecule has 0 N–H and O–H groups in total. The minimum absolute atomic E-state index is 0.829. The van der Waals surface area contributed by atoms with Crippen LogP contribution in [0.1, 0.15) is 26.2 Å². The summed E-state index contributed by atoms with van der Waals surface area (Å²) in [5.74, 6) is 1.98. The third-order valence-electron chi connectivity index (χ3n) is 3.35. The molecule has 1 saturated heterocycles. The highest BCUT2D eigenvalue weighted by atomic mass is 79.9.